The van der Waals surface area contributed by atoms with Crippen LogP contribution in [-0.2, 0) is 9.53 Å². The van der Waals surface area contributed by atoms with E-state index in [2.05, 4.69) is 6.58 Å². The van der Waals surface area contributed by atoms with E-state index in [1.165, 1.54) is 0 Å². The number of carbonyl (C=O) groups is 1. The minimum atomic E-state index is -0.674. The molecule has 76 valence electrons. The molecular formula is C10H19NO2. The molecule has 0 rings (SSSR count). The van der Waals surface area contributed by atoms with Crippen molar-refractivity contribution < 1.29 is 9.53 Å². The quantitative estimate of drug-likeness (QED) is 0.535. The molecule has 1 unspecified atom stereocenters. The molecular weight excluding hydrogens is 166 g/mol. The highest BCUT2D eigenvalue weighted by atomic mass is 16.6. The number of carbonyl (C=O) groups excluding carboxylic acids is 1. The highest BCUT2D eigenvalue weighted by Crippen LogP contribution is 2.26. The molecule has 13 heavy (non-hydrogen) atoms. The van der Waals surface area contributed by atoms with Crippen LogP contribution in [0.3, 0.4) is 0 Å². The second-order valence-corrected chi connectivity index (χ2v) is 3.91. The Morgan fingerprint density at radius 3 is 2.31 bits per heavy atom. The summed E-state index contributed by atoms with van der Waals surface area (Å²) in [6.45, 7) is 10.8. The van der Waals surface area contributed by atoms with Gasteiger partial charge in [-0.1, -0.05) is 13.5 Å². The van der Waals surface area contributed by atoms with Gasteiger partial charge in [0.2, 0.25) is 0 Å². The van der Waals surface area contributed by atoms with E-state index in [0.717, 1.165) is 12.5 Å². The van der Waals surface area contributed by atoms with Crippen molar-refractivity contribution in [3.63, 3.8) is 0 Å². The second-order valence-electron chi connectivity index (χ2n) is 3.91. The molecule has 0 aliphatic carbocycles. The molecule has 0 aromatic rings. The molecule has 1 atom stereocenters. The zero-order chi connectivity index (χ0) is 10.7. The van der Waals surface area contributed by atoms with E-state index < -0.39 is 17.1 Å². The minimum Gasteiger partial charge on any atom is -0.455 e. The first-order valence-corrected chi connectivity index (χ1v) is 4.41. The molecule has 0 aliphatic rings. The van der Waals surface area contributed by atoms with E-state index >= 15 is 0 Å². The van der Waals surface area contributed by atoms with Gasteiger partial charge >= 0.3 is 5.97 Å². The highest BCUT2D eigenvalue weighted by Gasteiger charge is 2.39. The van der Waals surface area contributed by atoms with E-state index in [-0.39, 0.29) is 0 Å². The van der Waals surface area contributed by atoms with Crippen molar-refractivity contribution in [2.45, 2.75) is 45.3 Å². The number of esters is 1. The number of hydrogen-bond acceptors (Lipinski definition) is 3. The highest BCUT2D eigenvalue weighted by molar-refractivity contribution is 5.81. The van der Waals surface area contributed by atoms with Crippen LogP contribution in [0.1, 0.15) is 34.1 Å². The maximum absolute atomic E-state index is 11.0. The van der Waals surface area contributed by atoms with Crippen LogP contribution in [0.5, 0.6) is 0 Å². The molecule has 0 saturated heterocycles. The lowest BCUT2D eigenvalue weighted by Crippen LogP contribution is -2.56. The zero-order valence-corrected chi connectivity index (χ0v) is 8.89. The Morgan fingerprint density at radius 1 is 1.54 bits per heavy atom. The first-order valence-electron chi connectivity index (χ1n) is 4.41. The lowest BCUT2D eigenvalue weighted by molar-refractivity contribution is -0.156. The van der Waals surface area contributed by atoms with Gasteiger partial charge in [-0.25, -0.2) is 4.79 Å². The summed E-state index contributed by atoms with van der Waals surface area (Å²) < 4.78 is 5.16. The average Bonchev–Trinajstić information content (AvgIpc) is 2.03. The summed E-state index contributed by atoms with van der Waals surface area (Å²) >= 11 is 0. The smallest absolute Gasteiger partial charge is 0.330 e. The fraction of sp³-hybridized carbons (Fsp3) is 0.700. The number of rotatable bonds is 4. The average molecular weight is 185 g/mol. The van der Waals surface area contributed by atoms with Gasteiger partial charge < -0.3 is 10.5 Å². The predicted octanol–water partition coefficient (Wildman–Crippen LogP) is 1.62. The third kappa shape index (κ3) is 2.84. The Labute approximate surface area is 79.9 Å². The Hall–Kier alpha value is -0.830. The molecule has 0 bridgehead atoms. The summed E-state index contributed by atoms with van der Waals surface area (Å²) in [5, 5.41) is 0. The van der Waals surface area contributed by atoms with Crippen LogP contribution in [0.2, 0.25) is 0 Å². The Kier molecular flexibility index (Phi) is 3.67. The fourth-order valence-electron chi connectivity index (χ4n) is 0.835. The topological polar surface area (TPSA) is 52.3 Å². The largest absolute Gasteiger partial charge is 0.455 e. The lowest BCUT2D eigenvalue weighted by atomic mass is 9.82. The van der Waals surface area contributed by atoms with Gasteiger partial charge in [-0.15, -0.1) is 0 Å². The van der Waals surface area contributed by atoms with Crippen molar-refractivity contribution in [3.8, 4) is 0 Å². The van der Waals surface area contributed by atoms with Crippen LogP contribution >= 0.6 is 0 Å². The predicted molar refractivity (Wildman–Crippen MR) is 53.3 cm³/mol. The second kappa shape index (κ2) is 3.92. The van der Waals surface area contributed by atoms with Crippen LogP contribution in [0.25, 0.3) is 0 Å². The first-order chi connectivity index (χ1) is 5.77. The fourth-order valence-corrected chi connectivity index (χ4v) is 0.835. The van der Waals surface area contributed by atoms with E-state index in [1.54, 1.807) is 13.8 Å². The molecule has 0 amide bonds. The van der Waals surface area contributed by atoms with Crippen LogP contribution in [0.15, 0.2) is 12.7 Å². The molecule has 0 aromatic heterocycles. The standard InChI is InChI=1S/C10H19NO2/c1-6-8(12)13-9(3,4)10(5,11)7-2/h6H,1,7,11H2,2-5H3. The summed E-state index contributed by atoms with van der Waals surface area (Å²) in [5.74, 6) is -0.435. The third-order valence-electron chi connectivity index (χ3n) is 2.63. The van der Waals surface area contributed by atoms with Gasteiger partial charge in [0.05, 0.1) is 5.54 Å². The number of hydrogen-bond donors (Lipinski definition) is 1. The van der Waals surface area contributed by atoms with Gasteiger partial charge in [0.15, 0.2) is 0 Å². The van der Waals surface area contributed by atoms with Gasteiger partial charge in [0.1, 0.15) is 5.60 Å². The Morgan fingerprint density at radius 2 is 2.00 bits per heavy atom. The van der Waals surface area contributed by atoms with Gasteiger partial charge in [-0.05, 0) is 27.2 Å². The normalized spacial score (nSPS) is 16.1. The van der Waals surface area contributed by atoms with E-state index in [1.807, 2.05) is 13.8 Å². The van der Waals surface area contributed by atoms with Crippen molar-refractivity contribution >= 4 is 5.97 Å². The van der Waals surface area contributed by atoms with Crippen molar-refractivity contribution in [2.24, 2.45) is 5.73 Å². The molecule has 0 spiro atoms. The number of nitrogens with two attached hydrogens (primary N) is 1. The molecule has 0 radical (unpaired) electrons. The summed E-state index contributed by atoms with van der Waals surface area (Å²) in [5.41, 5.74) is 4.79. The van der Waals surface area contributed by atoms with Crippen molar-refractivity contribution in [2.75, 3.05) is 0 Å². The molecule has 0 saturated carbocycles. The first kappa shape index (κ1) is 12.2. The van der Waals surface area contributed by atoms with Gasteiger partial charge in [0, 0.05) is 6.08 Å². The van der Waals surface area contributed by atoms with Crippen molar-refractivity contribution in [3.05, 3.63) is 12.7 Å². The van der Waals surface area contributed by atoms with Crippen molar-refractivity contribution in [1.29, 1.82) is 0 Å². The Balaban J connectivity index is 4.56. The minimum absolute atomic E-state index is 0.435. The van der Waals surface area contributed by atoms with E-state index in [0.29, 0.717) is 0 Å². The summed E-state index contributed by atoms with van der Waals surface area (Å²) in [6.07, 6.45) is 1.89. The molecule has 0 heterocycles. The Bertz CT molecular complexity index is 207. The summed E-state index contributed by atoms with van der Waals surface area (Å²) in [6, 6.07) is 0. The van der Waals surface area contributed by atoms with Crippen LogP contribution < -0.4 is 5.73 Å². The molecule has 3 nitrogen and oxygen atoms in total. The molecule has 0 fully saturated rings. The monoisotopic (exact) mass is 185 g/mol. The SMILES string of the molecule is C=CC(=O)OC(C)(C)C(C)(N)CC. The van der Waals surface area contributed by atoms with Gasteiger partial charge in [0.25, 0.3) is 0 Å². The third-order valence-corrected chi connectivity index (χ3v) is 2.63. The van der Waals surface area contributed by atoms with Crippen LogP contribution in [-0.4, -0.2) is 17.1 Å². The molecule has 0 aliphatic heterocycles. The number of ether oxygens (including phenoxy) is 1. The van der Waals surface area contributed by atoms with Crippen molar-refractivity contribution in [1.82, 2.24) is 0 Å². The summed E-state index contributed by atoms with van der Waals surface area (Å²) in [4.78, 5) is 11.0. The maximum atomic E-state index is 11.0. The van der Waals surface area contributed by atoms with E-state index in [9.17, 15) is 4.79 Å². The molecule has 3 heteroatoms. The van der Waals surface area contributed by atoms with Crippen LogP contribution in [0.4, 0.5) is 0 Å². The van der Waals surface area contributed by atoms with Gasteiger partial charge in [-0.3, -0.25) is 0 Å². The van der Waals surface area contributed by atoms with Gasteiger partial charge in [-0.2, -0.15) is 0 Å². The molecule has 0 aromatic carbocycles. The molecule has 2 N–H and O–H groups in total. The zero-order valence-electron chi connectivity index (χ0n) is 8.89. The summed E-state index contributed by atoms with van der Waals surface area (Å²) in [7, 11) is 0. The lowest BCUT2D eigenvalue weighted by Gasteiger charge is -2.39. The van der Waals surface area contributed by atoms with E-state index in [4.69, 9.17) is 10.5 Å². The maximum Gasteiger partial charge on any atom is 0.330 e. The van der Waals surface area contributed by atoms with Crippen LogP contribution in [0, 0.1) is 0 Å².